The average Bonchev–Trinajstić information content (AvgIpc) is 3.28. The van der Waals surface area contributed by atoms with E-state index >= 15 is 0 Å². The van der Waals surface area contributed by atoms with E-state index in [-0.39, 0.29) is 24.0 Å². The van der Waals surface area contributed by atoms with E-state index < -0.39 is 10.0 Å². The Bertz CT molecular complexity index is 886. The van der Waals surface area contributed by atoms with E-state index in [2.05, 4.69) is 32.0 Å². The van der Waals surface area contributed by atoms with Crippen LogP contribution in [0.1, 0.15) is 25.7 Å². The van der Waals surface area contributed by atoms with E-state index in [1.165, 1.54) is 0 Å². The summed E-state index contributed by atoms with van der Waals surface area (Å²) in [6.07, 6.45) is 4.25. The van der Waals surface area contributed by atoms with E-state index in [4.69, 9.17) is 4.74 Å². The van der Waals surface area contributed by atoms with Crippen LogP contribution in [0.3, 0.4) is 0 Å². The molecule has 1 amide bonds. The summed E-state index contributed by atoms with van der Waals surface area (Å²) in [7, 11) is -3.34. The maximum absolute atomic E-state index is 12.7. The number of carbonyl (C=O) groups is 1. The molecule has 1 aromatic rings. The molecule has 2 fully saturated rings. The van der Waals surface area contributed by atoms with E-state index in [1.54, 1.807) is 23.1 Å². The van der Waals surface area contributed by atoms with Gasteiger partial charge in [0.2, 0.25) is 15.9 Å². The molecular weight excluding hydrogens is 448 g/mol. The Morgan fingerprint density at radius 2 is 2.21 bits per heavy atom. The molecule has 2 aliphatic rings. The highest BCUT2D eigenvalue weighted by Gasteiger charge is 2.36. The van der Waals surface area contributed by atoms with Gasteiger partial charge in [0.05, 0.1) is 22.8 Å². The third-order valence-electron chi connectivity index (χ3n) is 4.90. The van der Waals surface area contributed by atoms with Crippen molar-refractivity contribution in [3.8, 4) is 11.8 Å². The molecule has 2 saturated heterocycles. The van der Waals surface area contributed by atoms with Crippen LogP contribution < -0.4 is 14.8 Å². The van der Waals surface area contributed by atoms with Crippen molar-refractivity contribution in [1.82, 2.24) is 10.2 Å². The molecule has 0 unspecified atom stereocenters. The summed E-state index contributed by atoms with van der Waals surface area (Å²) >= 11 is 3.39. The van der Waals surface area contributed by atoms with Gasteiger partial charge < -0.3 is 9.64 Å². The van der Waals surface area contributed by atoms with E-state index in [0.717, 1.165) is 31.9 Å². The maximum atomic E-state index is 12.7. The highest BCUT2D eigenvalue weighted by molar-refractivity contribution is 9.10. The zero-order valence-electron chi connectivity index (χ0n) is 15.5. The van der Waals surface area contributed by atoms with Crippen LogP contribution >= 0.6 is 15.9 Å². The van der Waals surface area contributed by atoms with Gasteiger partial charge in [-0.25, -0.2) is 8.42 Å². The Kier molecular flexibility index (Phi) is 6.47. The number of nitriles is 1. The van der Waals surface area contributed by atoms with Gasteiger partial charge in [0.25, 0.3) is 0 Å². The summed E-state index contributed by atoms with van der Waals surface area (Å²) in [6, 6.07) is 6.63. The molecular formula is C18H23BrN4O4S. The fourth-order valence-electron chi connectivity index (χ4n) is 3.60. The van der Waals surface area contributed by atoms with Gasteiger partial charge in [0.15, 0.2) is 0 Å². The number of sulfonamides is 1. The fourth-order valence-corrected chi connectivity index (χ4v) is 4.64. The minimum atomic E-state index is -3.34. The molecule has 2 N–H and O–H groups in total. The second-order valence-electron chi connectivity index (χ2n) is 7.14. The fraction of sp³-hybridized carbons (Fsp3) is 0.556. The molecule has 3 rings (SSSR count). The molecule has 152 valence electrons. The number of nitrogens with one attached hydrogen (secondary N) is 2. The summed E-state index contributed by atoms with van der Waals surface area (Å²) in [5, 5.41) is 12.5. The second-order valence-corrected chi connectivity index (χ2v) is 9.75. The average molecular weight is 471 g/mol. The van der Waals surface area contributed by atoms with Crippen molar-refractivity contribution in [1.29, 1.82) is 5.26 Å². The Morgan fingerprint density at radius 3 is 2.89 bits per heavy atom. The molecule has 0 aliphatic carbocycles. The number of benzene rings is 1. The Labute approximate surface area is 173 Å². The minimum Gasteiger partial charge on any atom is -0.491 e. The predicted octanol–water partition coefficient (Wildman–Crippen LogP) is 1.83. The van der Waals surface area contributed by atoms with Gasteiger partial charge in [-0.15, -0.1) is 0 Å². The first-order valence-electron chi connectivity index (χ1n) is 9.13. The molecule has 0 radical (unpaired) electrons. The highest BCUT2D eigenvalue weighted by Crippen LogP contribution is 2.29. The molecule has 0 spiro atoms. The van der Waals surface area contributed by atoms with Crippen molar-refractivity contribution in [2.24, 2.45) is 0 Å². The van der Waals surface area contributed by atoms with Gasteiger partial charge in [0, 0.05) is 18.3 Å². The standard InChI is InChI=1S/C18H23BrN4O4S/c1-28(25,26)22-12-5-7-17(15(19)9-12)27-11-13-4-6-16(21-13)18(24)23-8-2-3-14(23)10-20/h5,7,9,13-14,16,21-22H,2-4,6,8,11H2,1H3/t13-,14+,16+/m1/s1. The maximum Gasteiger partial charge on any atom is 0.240 e. The van der Waals surface area contributed by atoms with Crippen LogP contribution in [0.5, 0.6) is 5.75 Å². The van der Waals surface area contributed by atoms with Crippen molar-refractivity contribution in [2.75, 3.05) is 24.1 Å². The van der Waals surface area contributed by atoms with Crippen molar-refractivity contribution >= 4 is 37.5 Å². The van der Waals surface area contributed by atoms with Gasteiger partial charge in [-0.2, -0.15) is 5.26 Å². The number of rotatable bonds is 6. The SMILES string of the molecule is CS(=O)(=O)Nc1ccc(OC[C@H]2CC[C@@H](C(=O)N3CCC[C@H]3C#N)N2)c(Br)c1. The number of ether oxygens (including phenoxy) is 1. The summed E-state index contributed by atoms with van der Waals surface area (Å²) < 4.78 is 31.5. The lowest BCUT2D eigenvalue weighted by Gasteiger charge is -2.24. The molecule has 10 heteroatoms. The zero-order valence-corrected chi connectivity index (χ0v) is 17.9. The number of anilines is 1. The van der Waals surface area contributed by atoms with E-state index in [1.807, 2.05) is 0 Å². The number of carbonyl (C=O) groups excluding carboxylic acids is 1. The molecule has 2 aliphatic heterocycles. The number of halogens is 1. The summed E-state index contributed by atoms with van der Waals surface area (Å²) in [6.45, 7) is 1.04. The number of amides is 1. The van der Waals surface area contributed by atoms with Gasteiger partial charge in [-0.3, -0.25) is 14.8 Å². The van der Waals surface area contributed by atoms with Crippen molar-refractivity contribution in [2.45, 2.75) is 43.8 Å². The number of hydrogen-bond acceptors (Lipinski definition) is 6. The van der Waals surface area contributed by atoms with Crippen LogP contribution in [0, 0.1) is 11.3 Å². The topological polar surface area (TPSA) is 112 Å². The molecule has 0 aromatic heterocycles. The van der Waals surface area contributed by atoms with E-state index in [0.29, 0.717) is 29.1 Å². The van der Waals surface area contributed by atoms with Crippen LogP contribution in [0.2, 0.25) is 0 Å². The normalized spacial score (nSPS) is 24.8. The first kappa shape index (κ1) is 20.9. The van der Waals surface area contributed by atoms with Crippen molar-refractivity contribution in [3.63, 3.8) is 0 Å². The molecule has 1 aromatic carbocycles. The predicted molar refractivity (Wildman–Crippen MR) is 108 cm³/mol. The molecule has 0 bridgehead atoms. The van der Waals surface area contributed by atoms with Crippen LogP contribution in [0.4, 0.5) is 5.69 Å². The Balaban J connectivity index is 1.52. The summed E-state index contributed by atoms with van der Waals surface area (Å²) in [4.78, 5) is 14.3. The Hall–Kier alpha value is -1.83. The molecule has 0 saturated carbocycles. The van der Waals surface area contributed by atoms with Crippen LogP contribution in [0.25, 0.3) is 0 Å². The first-order valence-corrected chi connectivity index (χ1v) is 11.8. The summed E-state index contributed by atoms with van der Waals surface area (Å²) in [5.74, 6) is 0.601. The quantitative estimate of drug-likeness (QED) is 0.655. The van der Waals surface area contributed by atoms with Gasteiger partial charge in [-0.05, 0) is 59.8 Å². The number of hydrogen-bond donors (Lipinski definition) is 2. The van der Waals surface area contributed by atoms with Crippen LogP contribution in [-0.4, -0.2) is 56.8 Å². The lowest BCUT2D eigenvalue weighted by Crippen LogP contribution is -2.47. The first-order chi connectivity index (χ1) is 13.3. The molecule has 2 heterocycles. The van der Waals surface area contributed by atoms with Crippen LogP contribution in [0.15, 0.2) is 22.7 Å². The highest BCUT2D eigenvalue weighted by atomic mass is 79.9. The molecule has 3 atom stereocenters. The third kappa shape index (κ3) is 5.16. The zero-order chi connectivity index (χ0) is 20.3. The van der Waals surface area contributed by atoms with Crippen molar-refractivity contribution in [3.05, 3.63) is 22.7 Å². The molecule has 28 heavy (non-hydrogen) atoms. The number of nitrogens with zero attached hydrogens (tertiary/aromatic N) is 2. The largest absolute Gasteiger partial charge is 0.491 e. The number of likely N-dealkylation sites (tertiary alicyclic amines) is 1. The summed E-state index contributed by atoms with van der Waals surface area (Å²) in [5.41, 5.74) is 0.448. The van der Waals surface area contributed by atoms with Crippen molar-refractivity contribution < 1.29 is 17.9 Å². The van der Waals surface area contributed by atoms with Gasteiger partial charge >= 0.3 is 0 Å². The second kappa shape index (κ2) is 8.68. The van der Waals surface area contributed by atoms with Gasteiger partial charge in [0.1, 0.15) is 18.4 Å². The van der Waals surface area contributed by atoms with Gasteiger partial charge in [-0.1, -0.05) is 0 Å². The monoisotopic (exact) mass is 470 g/mol. The lowest BCUT2D eigenvalue weighted by molar-refractivity contribution is -0.133. The lowest BCUT2D eigenvalue weighted by atomic mass is 10.1. The molecule has 8 nitrogen and oxygen atoms in total. The third-order valence-corrected chi connectivity index (χ3v) is 6.13. The minimum absolute atomic E-state index is 0.00364. The smallest absolute Gasteiger partial charge is 0.240 e. The van der Waals surface area contributed by atoms with E-state index in [9.17, 15) is 18.5 Å². The Morgan fingerprint density at radius 1 is 1.43 bits per heavy atom. The van der Waals surface area contributed by atoms with Crippen LogP contribution in [-0.2, 0) is 14.8 Å².